The molecule has 5 nitrogen and oxygen atoms in total. The molecule has 160 valence electrons. The molecule has 6 rings (SSSR count). The van der Waals surface area contributed by atoms with Crippen molar-refractivity contribution < 1.29 is 4.79 Å². The molecule has 31 heavy (non-hydrogen) atoms. The van der Waals surface area contributed by atoms with E-state index >= 15 is 0 Å². The van der Waals surface area contributed by atoms with Gasteiger partial charge in [-0.05, 0) is 87.2 Å². The van der Waals surface area contributed by atoms with Crippen LogP contribution < -0.4 is 10.9 Å². The van der Waals surface area contributed by atoms with Gasteiger partial charge in [-0.3, -0.25) is 14.2 Å². The van der Waals surface area contributed by atoms with Crippen LogP contribution in [0.1, 0.15) is 33.6 Å². The van der Waals surface area contributed by atoms with Crippen molar-refractivity contribution in [2.75, 3.05) is 19.6 Å². The number of thiophene rings is 1. The summed E-state index contributed by atoms with van der Waals surface area (Å²) in [5, 5.41) is 3.22. The summed E-state index contributed by atoms with van der Waals surface area (Å²) in [5.41, 5.74) is 3.33. The van der Waals surface area contributed by atoms with Crippen LogP contribution in [0.2, 0.25) is 0 Å². The van der Waals surface area contributed by atoms with E-state index in [4.69, 9.17) is 0 Å². The van der Waals surface area contributed by atoms with Crippen molar-refractivity contribution in [3.05, 3.63) is 75.0 Å². The maximum Gasteiger partial charge on any atom is 0.255 e. The molecule has 1 unspecified atom stereocenters. The lowest BCUT2D eigenvalue weighted by Crippen LogP contribution is -2.57. The van der Waals surface area contributed by atoms with Crippen LogP contribution in [0.15, 0.2) is 53.5 Å². The van der Waals surface area contributed by atoms with Crippen molar-refractivity contribution in [2.45, 2.75) is 32.7 Å². The summed E-state index contributed by atoms with van der Waals surface area (Å²) in [6.07, 6.45) is 3.98. The second-order valence-electron chi connectivity index (χ2n) is 8.76. The van der Waals surface area contributed by atoms with Gasteiger partial charge in [0.05, 0.1) is 11.3 Å². The van der Waals surface area contributed by atoms with Crippen molar-refractivity contribution in [3.8, 4) is 16.1 Å². The Labute approximate surface area is 186 Å². The number of carbonyl (C=O) groups is 1. The van der Waals surface area contributed by atoms with Crippen LogP contribution in [-0.4, -0.2) is 41.1 Å². The van der Waals surface area contributed by atoms with Gasteiger partial charge in [0.2, 0.25) is 0 Å². The Bertz CT molecular complexity index is 1190. The van der Waals surface area contributed by atoms with Crippen LogP contribution in [0.25, 0.3) is 16.1 Å². The van der Waals surface area contributed by atoms with Gasteiger partial charge in [0.15, 0.2) is 0 Å². The summed E-state index contributed by atoms with van der Waals surface area (Å²) >= 11 is 1.76. The van der Waals surface area contributed by atoms with Gasteiger partial charge in [0.1, 0.15) is 0 Å². The number of rotatable bonds is 4. The topological polar surface area (TPSA) is 54.3 Å². The quantitative estimate of drug-likeness (QED) is 0.677. The fraction of sp³-hybridized carbons (Fsp3) is 0.360. The normalized spacial score (nSPS) is 22.5. The Morgan fingerprint density at radius 2 is 1.87 bits per heavy atom. The summed E-state index contributed by atoms with van der Waals surface area (Å²) in [6.45, 7) is 7.32. The van der Waals surface area contributed by atoms with Gasteiger partial charge >= 0.3 is 0 Å². The number of benzene rings is 1. The highest BCUT2D eigenvalue weighted by molar-refractivity contribution is 7.15. The summed E-state index contributed by atoms with van der Waals surface area (Å²) in [5.74, 6) is 0.464. The lowest BCUT2D eigenvalue weighted by molar-refractivity contribution is 0.0620. The maximum atomic E-state index is 13.0. The predicted molar refractivity (Wildman–Crippen MR) is 125 cm³/mol. The second-order valence-corrected chi connectivity index (χ2v) is 10.0. The first-order valence-corrected chi connectivity index (χ1v) is 11.7. The van der Waals surface area contributed by atoms with E-state index < -0.39 is 0 Å². The minimum Gasteiger partial charge on any atom is -0.348 e. The molecule has 1 N–H and O–H groups in total. The first-order valence-electron chi connectivity index (χ1n) is 10.9. The number of piperidine rings is 3. The SMILES string of the molecule is Cc1ccc(-c2ccc(-n3cc(C(=O)NC4CN5CCC4CC5)ccc3=O)c(C)c2)s1. The van der Waals surface area contributed by atoms with Gasteiger partial charge in [-0.2, -0.15) is 0 Å². The lowest BCUT2D eigenvalue weighted by atomic mass is 9.84. The highest BCUT2D eigenvalue weighted by Crippen LogP contribution is 2.30. The Hall–Kier alpha value is -2.70. The zero-order valence-electron chi connectivity index (χ0n) is 17.9. The first-order chi connectivity index (χ1) is 15.0. The lowest BCUT2D eigenvalue weighted by Gasteiger charge is -2.44. The van der Waals surface area contributed by atoms with Crippen LogP contribution in [0, 0.1) is 19.8 Å². The first kappa shape index (κ1) is 20.2. The molecule has 3 aliphatic heterocycles. The van der Waals surface area contributed by atoms with Gasteiger partial charge in [-0.25, -0.2) is 0 Å². The average molecular weight is 434 g/mol. The molecule has 0 radical (unpaired) electrons. The van der Waals surface area contributed by atoms with Crippen molar-refractivity contribution in [3.63, 3.8) is 0 Å². The Morgan fingerprint density at radius 1 is 1.06 bits per heavy atom. The molecule has 0 spiro atoms. The van der Waals surface area contributed by atoms with Crippen LogP contribution >= 0.6 is 11.3 Å². The highest BCUT2D eigenvalue weighted by Gasteiger charge is 2.35. The fourth-order valence-corrected chi connectivity index (χ4v) is 5.72. The van der Waals surface area contributed by atoms with Gasteiger partial charge in [0, 0.05) is 34.6 Å². The molecule has 3 saturated heterocycles. The number of aryl methyl sites for hydroxylation is 2. The van der Waals surface area contributed by atoms with E-state index in [9.17, 15) is 9.59 Å². The minimum absolute atomic E-state index is 0.101. The molecule has 3 aliphatic rings. The second kappa shape index (κ2) is 8.09. The van der Waals surface area contributed by atoms with Crippen LogP contribution in [0.5, 0.6) is 0 Å². The molecule has 5 heterocycles. The number of carbonyl (C=O) groups excluding carboxylic acids is 1. The van der Waals surface area contributed by atoms with E-state index in [0.29, 0.717) is 11.5 Å². The summed E-state index contributed by atoms with van der Waals surface area (Å²) in [4.78, 5) is 30.5. The van der Waals surface area contributed by atoms with E-state index in [1.165, 1.54) is 15.8 Å². The van der Waals surface area contributed by atoms with Gasteiger partial charge < -0.3 is 10.2 Å². The smallest absolute Gasteiger partial charge is 0.255 e. The zero-order chi connectivity index (χ0) is 21.5. The van der Waals surface area contributed by atoms with E-state index in [1.54, 1.807) is 28.2 Å². The van der Waals surface area contributed by atoms with Crippen molar-refractivity contribution in [1.82, 2.24) is 14.8 Å². The van der Waals surface area contributed by atoms with Crippen molar-refractivity contribution in [2.24, 2.45) is 5.92 Å². The Balaban J connectivity index is 1.41. The molecule has 1 aromatic carbocycles. The Kier molecular flexibility index (Phi) is 5.28. The third-order valence-corrected chi connectivity index (χ3v) is 7.68. The van der Waals surface area contributed by atoms with Gasteiger partial charge in [-0.15, -0.1) is 11.3 Å². The van der Waals surface area contributed by atoms with E-state index in [-0.39, 0.29) is 17.5 Å². The zero-order valence-corrected chi connectivity index (χ0v) is 18.7. The number of amides is 1. The molecule has 3 fully saturated rings. The molecular formula is C25H27N3O2S. The summed E-state index contributed by atoms with van der Waals surface area (Å²) < 4.78 is 1.59. The van der Waals surface area contributed by atoms with Gasteiger partial charge in [-0.1, -0.05) is 6.07 Å². The molecule has 0 saturated carbocycles. The summed E-state index contributed by atoms with van der Waals surface area (Å²) in [6, 6.07) is 13.7. The largest absolute Gasteiger partial charge is 0.348 e. The number of nitrogens with zero attached hydrogens (tertiary/aromatic N) is 2. The maximum absolute atomic E-state index is 13.0. The van der Waals surface area contributed by atoms with Crippen LogP contribution in [0.4, 0.5) is 0 Å². The number of fused-ring (bicyclic) bond motifs is 3. The van der Waals surface area contributed by atoms with E-state index in [1.807, 2.05) is 19.1 Å². The molecule has 6 heteroatoms. The third kappa shape index (κ3) is 3.98. The minimum atomic E-state index is -0.137. The molecule has 1 atom stereocenters. The standard InChI is InChI=1S/C25H27N3O2S/c1-16-13-19(23-7-3-17(2)31-23)4-6-22(16)28-14-20(5-8-24(28)29)25(30)26-21-15-27-11-9-18(21)10-12-27/h3-8,13-14,18,21H,9-12,15H2,1-2H3,(H,26,30). The van der Waals surface area contributed by atoms with Crippen molar-refractivity contribution in [1.29, 1.82) is 0 Å². The number of nitrogens with one attached hydrogen (secondary N) is 1. The Morgan fingerprint density at radius 3 is 2.52 bits per heavy atom. The van der Waals surface area contributed by atoms with E-state index in [2.05, 4.69) is 35.3 Å². The molecule has 2 aromatic heterocycles. The highest BCUT2D eigenvalue weighted by atomic mass is 32.1. The molecular weight excluding hydrogens is 406 g/mol. The molecule has 2 bridgehead atoms. The van der Waals surface area contributed by atoms with Crippen molar-refractivity contribution >= 4 is 17.2 Å². The number of hydrogen-bond donors (Lipinski definition) is 1. The average Bonchev–Trinajstić information content (AvgIpc) is 3.21. The number of aromatic nitrogens is 1. The fourth-order valence-electron chi connectivity index (χ4n) is 4.86. The third-order valence-electron chi connectivity index (χ3n) is 6.63. The molecule has 3 aromatic rings. The predicted octanol–water partition coefficient (Wildman–Crippen LogP) is 4.01. The number of pyridine rings is 1. The molecule has 1 amide bonds. The summed E-state index contributed by atoms with van der Waals surface area (Å²) in [7, 11) is 0. The van der Waals surface area contributed by atoms with Crippen LogP contribution in [-0.2, 0) is 0 Å². The number of hydrogen-bond acceptors (Lipinski definition) is 4. The monoisotopic (exact) mass is 433 g/mol. The van der Waals surface area contributed by atoms with Crippen LogP contribution in [0.3, 0.4) is 0 Å². The molecule has 0 aliphatic carbocycles. The van der Waals surface area contributed by atoms with E-state index in [0.717, 1.165) is 49.3 Å². The van der Waals surface area contributed by atoms with Gasteiger partial charge in [0.25, 0.3) is 11.5 Å².